The molecule has 1 unspecified atom stereocenters. The Kier molecular flexibility index (Phi) is 11.6. The van der Waals surface area contributed by atoms with Crippen LogP contribution < -0.4 is 10.2 Å². The van der Waals surface area contributed by atoms with Gasteiger partial charge in [-0.05, 0) is 185 Å². The van der Waals surface area contributed by atoms with Gasteiger partial charge in [0.2, 0.25) is 0 Å². The minimum atomic E-state index is -0.298. The third-order valence-electron chi connectivity index (χ3n) is 16.1. The van der Waals surface area contributed by atoms with Crippen LogP contribution in [0.4, 0.5) is 22.7 Å². The zero-order valence-corrected chi connectivity index (χ0v) is 42.9. The summed E-state index contributed by atoms with van der Waals surface area (Å²) in [6, 6.07) is 43.2. The first-order valence-corrected chi connectivity index (χ1v) is 25.4. The largest absolute Gasteiger partial charge is 0.355 e. The molecule has 2 nitrogen and oxygen atoms in total. The number of anilines is 4. The van der Waals surface area contributed by atoms with Crippen LogP contribution in [0.3, 0.4) is 0 Å². The Balaban J connectivity index is 1.36. The zero-order chi connectivity index (χ0) is 47.9. The van der Waals surface area contributed by atoms with Crippen molar-refractivity contribution in [1.82, 2.24) is 0 Å². The monoisotopic (exact) mass is 909 g/mol. The second-order valence-corrected chi connectivity index (χ2v) is 22.5. The molecule has 1 N–H and O–H groups in total. The Morgan fingerprint density at radius 3 is 2.15 bits per heavy atom. The molecule has 0 amide bonds. The average molecular weight is 909 g/mol. The van der Waals surface area contributed by atoms with E-state index >= 15 is 0 Å². The van der Waals surface area contributed by atoms with E-state index in [0.717, 1.165) is 59.5 Å². The lowest BCUT2D eigenvalue weighted by Gasteiger charge is -2.43. The summed E-state index contributed by atoms with van der Waals surface area (Å²) in [4.78, 5) is 3.56. The van der Waals surface area contributed by atoms with Crippen molar-refractivity contribution in [3.8, 4) is 22.3 Å². The molecule has 0 bridgehead atoms. The van der Waals surface area contributed by atoms with Gasteiger partial charge < -0.3 is 10.2 Å². The number of nitrogens with zero attached hydrogens (tertiary/aromatic N) is 1. The van der Waals surface area contributed by atoms with Gasteiger partial charge in [-0.15, -0.1) is 12.6 Å². The summed E-state index contributed by atoms with van der Waals surface area (Å²) in [7, 11) is 0. The molecule has 0 aromatic heterocycles. The van der Waals surface area contributed by atoms with Crippen molar-refractivity contribution in [3.05, 3.63) is 207 Å². The second-order valence-electron chi connectivity index (χ2n) is 22.0. The third kappa shape index (κ3) is 7.66. The zero-order valence-electron chi connectivity index (χ0n) is 42.0. The molecule has 0 heterocycles. The average Bonchev–Trinajstić information content (AvgIpc) is 3.55. The van der Waals surface area contributed by atoms with Crippen LogP contribution in [0.1, 0.15) is 138 Å². The topological polar surface area (TPSA) is 15.3 Å². The molecular weight excluding hydrogens is 841 g/mol. The fourth-order valence-corrected chi connectivity index (χ4v) is 12.7. The molecular formula is C65H68N2S. The van der Waals surface area contributed by atoms with Gasteiger partial charge in [0.05, 0.1) is 5.69 Å². The molecule has 0 fully saturated rings. The summed E-state index contributed by atoms with van der Waals surface area (Å²) >= 11 is 5.01. The standard InChI is InChI=1S/C65H68N2S/c1-12-20-50-49-25-18-19-26-54(49)65(10,11)62(50)43(5)67(58-32-31-47(68)36-51(58)44-21-14-13-15-22-44)59-38-52-48-24-17-16-23-45(48)35-41(3)60(52)61(42(59)4)53-37-55-56(64(8,9)34-33-63(55,6)7)39-57(53)66-46-29-27-40(2)28-30-46/h12-15,17-22,24-32,36-39,41,66,68H,1,16,23,33-35H2,2-11H3/b50-20?,62-43-. The quantitative estimate of drug-likeness (QED) is 0.148. The van der Waals surface area contributed by atoms with Crippen molar-refractivity contribution in [2.75, 3.05) is 10.2 Å². The Bertz CT molecular complexity index is 3150. The van der Waals surface area contributed by atoms with E-state index in [4.69, 9.17) is 12.6 Å². The van der Waals surface area contributed by atoms with Gasteiger partial charge in [-0.1, -0.05) is 157 Å². The highest BCUT2D eigenvalue weighted by molar-refractivity contribution is 7.80. The maximum absolute atomic E-state index is 5.01. The molecule has 6 aromatic rings. The molecule has 0 saturated heterocycles. The molecule has 10 rings (SSSR count). The number of hydrogen-bond acceptors (Lipinski definition) is 3. The highest BCUT2D eigenvalue weighted by Crippen LogP contribution is 2.58. The maximum atomic E-state index is 5.01. The predicted octanol–water partition coefficient (Wildman–Crippen LogP) is 18.6. The number of fused-ring (bicyclic) bond motifs is 4. The van der Waals surface area contributed by atoms with Gasteiger partial charge in [-0.3, -0.25) is 0 Å². The summed E-state index contributed by atoms with van der Waals surface area (Å²) in [6.45, 7) is 28.3. The summed E-state index contributed by atoms with van der Waals surface area (Å²) < 4.78 is 0. The van der Waals surface area contributed by atoms with Crippen molar-refractivity contribution in [1.29, 1.82) is 0 Å². The van der Waals surface area contributed by atoms with E-state index in [1.807, 2.05) is 6.08 Å². The van der Waals surface area contributed by atoms with Crippen LogP contribution in [0.5, 0.6) is 0 Å². The summed E-state index contributed by atoms with van der Waals surface area (Å²) in [5.41, 5.74) is 26.8. The van der Waals surface area contributed by atoms with Crippen LogP contribution in [0.15, 0.2) is 168 Å². The van der Waals surface area contributed by atoms with Crippen molar-refractivity contribution < 1.29 is 0 Å². The van der Waals surface area contributed by atoms with E-state index in [-0.39, 0.29) is 16.2 Å². The number of allylic oxidation sites excluding steroid dienone is 9. The lowest BCUT2D eigenvalue weighted by molar-refractivity contribution is 0.332. The molecule has 68 heavy (non-hydrogen) atoms. The van der Waals surface area contributed by atoms with Gasteiger partial charge in [-0.25, -0.2) is 0 Å². The smallest absolute Gasteiger partial charge is 0.0537 e. The van der Waals surface area contributed by atoms with Gasteiger partial charge in [0, 0.05) is 44.2 Å². The lowest BCUT2D eigenvalue weighted by atomic mass is 9.62. The normalized spacial score (nSPS) is 19.8. The first-order valence-electron chi connectivity index (χ1n) is 24.9. The second kappa shape index (κ2) is 17.2. The van der Waals surface area contributed by atoms with Crippen LogP contribution in [0.2, 0.25) is 0 Å². The van der Waals surface area contributed by atoms with Crippen molar-refractivity contribution in [2.24, 2.45) is 0 Å². The Labute approximate surface area is 412 Å². The fourth-order valence-electron chi connectivity index (χ4n) is 12.5. The van der Waals surface area contributed by atoms with Crippen molar-refractivity contribution in [3.63, 3.8) is 0 Å². The summed E-state index contributed by atoms with van der Waals surface area (Å²) in [5, 5.41) is 4.07. The number of rotatable bonds is 8. The molecule has 1 atom stereocenters. The Hall–Kier alpha value is -6.03. The number of benzene rings is 6. The fraction of sp³-hybridized carbons (Fsp3) is 0.292. The number of hydrogen-bond donors (Lipinski definition) is 2. The molecule has 6 aromatic carbocycles. The van der Waals surface area contributed by atoms with Gasteiger partial charge in [0.15, 0.2) is 0 Å². The van der Waals surface area contributed by atoms with Crippen molar-refractivity contribution >= 4 is 46.5 Å². The SMILES string of the molecule is C=CC=C1/C(=C(\C)N(c2ccc(S)cc2-c2ccccc2)c2cc3c(c(-c4cc5c(cc4Nc4ccc(C)cc4)C(C)(C)CCC5(C)C)c2C)C(C)CC2=C3C=CCC2)C(C)(C)c2ccccc21. The highest BCUT2D eigenvalue weighted by Gasteiger charge is 2.42. The Morgan fingerprint density at radius 1 is 0.735 bits per heavy atom. The predicted molar refractivity (Wildman–Crippen MR) is 296 cm³/mol. The van der Waals surface area contributed by atoms with E-state index in [9.17, 15) is 0 Å². The van der Waals surface area contributed by atoms with Crippen LogP contribution in [-0.4, -0.2) is 0 Å². The van der Waals surface area contributed by atoms with Crippen LogP contribution in [-0.2, 0) is 16.2 Å². The van der Waals surface area contributed by atoms with E-state index in [2.05, 4.69) is 220 Å². The molecule has 4 aliphatic rings. The number of thiol groups is 1. The molecule has 0 radical (unpaired) electrons. The summed E-state index contributed by atoms with van der Waals surface area (Å²) in [6.07, 6.45) is 14.6. The van der Waals surface area contributed by atoms with Gasteiger partial charge in [0.25, 0.3) is 0 Å². The molecule has 0 aliphatic heterocycles. The lowest BCUT2D eigenvalue weighted by Crippen LogP contribution is -2.34. The maximum Gasteiger partial charge on any atom is 0.0537 e. The molecule has 4 aliphatic carbocycles. The first-order chi connectivity index (χ1) is 32.5. The molecule has 344 valence electrons. The van der Waals surface area contributed by atoms with E-state index in [1.165, 1.54) is 89.4 Å². The molecule has 3 heteroatoms. The number of nitrogens with one attached hydrogen (secondary N) is 1. The van der Waals surface area contributed by atoms with Crippen molar-refractivity contribution in [2.45, 2.75) is 128 Å². The molecule has 0 spiro atoms. The third-order valence-corrected chi connectivity index (χ3v) is 16.4. The van der Waals surface area contributed by atoms with E-state index in [0.29, 0.717) is 5.92 Å². The molecule has 0 saturated carbocycles. The van der Waals surface area contributed by atoms with Gasteiger partial charge >= 0.3 is 0 Å². The minimum Gasteiger partial charge on any atom is -0.355 e. The minimum absolute atomic E-state index is 0.0180. The van der Waals surface area contributed by atoms with E-state index < -0.39 is 0 Å². The van der Waals surface area contributed by atoms with Crippen LogP contribution >= 0.6 is 12.6 Å². The summed E-state index contributed by atoms with van der Waals surface area (Å²) in [5.74, 6) is 0.326. The highest BCUT2D eigenvalue weighted by atomic mass is 32.1. The Morgan fingerprint density at radius 2 is 1.43 bits per heavy atom. The first kappa shape index (κ1) is 45.7. The van der Waals surface area contributed by atoms with Gasteiger partial charge in [0.1, 0.15) is 0 Å². The van der Waals surface area contributed by atoms with Crippen LogP contribution in [0.25, 0.3) is 33.4 Å². The van der Waals surface area contributed by atoms with E-state index in [1.54, 1.807) is 5.57 Å². The number of aryl methyl sites for hydroxylation is 1. The van der Waals surface area contributed by atoms with Gasteiger partial charge in [-0.2, -0.15) is 0 Å². The van der Waals surface area contributed by atoms with Crippen LogP contribution in [0, 0.1) is 13.8 Å².